The van der Waals surface area contributed by atoms with Crippen LogP contribution in [0.15, 0.2) is 48.5 Å². The summed E-state index contributed by atoms with van der Waals surface area (Å²) in [6, 6.07) is 12.3. The first-order valence-electron chi connectivity index (χ1n) is 9.15. The molecule has 0 bridgehead atoms. The fourth-order valence-corrected chi connectivity index (χ4v) is 2.98. The standard InChI is InChI=1S/C22H26ClFN2O2/c1-15(21(28)25-22(2,3)4)26(14-16-8-10-19(24)11-9-16)20(27)13-17-6-5-7-18(23)12-17/h5-12,15H,13-14H2,1-4H3,(H,25,28)/t15-/m0/s1. The van der Waals surface area contributed by atoms with E-state index in [1.165, 1.54) is 17.0 Å². The summed E-state index contributed by atoms with van der Waals surface area (Å²) in [5.74, 6) is -0.795. The molecule has 0 fully saturated rings. The Morgan fingerprint density at radius 2 is 1.75 bits per heavy atom. The Bertz CT molecular complexity index is 831. The highest BCUT2D eigenvalue weighted by Crippen LogP contribution is 2.16. The Morgan fingerprint density at radius 3 is 2.32 bits per heavy atom. The van der Waals surface area contributed by atoms with E-state index in [1.54, 1.807) is 37.3 Å². The van der Waals surface area contributed by atoms with Crippen LogP contribution in [0.5, 0.6) is 0 Å². The van der Waals surface area contributed by atoms with E-state index < -0.39 is 11.6 Å². The van der Waals surface area contributed by atoms with Crippen molar-refractivity contribution in [3.8, 4) is 0 Å². The zero-order chi connectivity index (χ0) is 20.9. The van der Waals surface area contributed by atoms with E-state index in [9.17, 15) is 14.0 Å². The highest BCUT2D eigenvalue weighted by atomic mass is 35.5. The summed E-state index contributed by atoms with van der Waals surface area (Å²) < 4.78 is 13.2. The van der Waals surface area contributed by atoms with Crippen LogP contribution in [0.25, 0.3) is 0 Å². The van der Waals surface area contributed by atoms with Gasteiger partial charge >= 0.3 is 0 Å². The van der Waals surface area contributed by atoms with Crippen molar-refractivity contribution in [2.45, 2.75) is 52.2 Å². The Labute approximate surface area is 170 Å². The van der Waals surface area contributed by atoms with Crippen molar-refractivity contribution >= 4 is 23.4 Å². The second-order valence-corrected chi connectivity index (χ2v) is 8.31. The molecule has 2 rings (SSSR count). The first kappa shape index (κ1) is 21.9. The Balaban J connectivity index is 2.24. The summed E-state index contributed by atoms with van der Waals surface area (Å²) >= 11 is 6.01. The van der Waals surface area contributed by atoms with E-state index >= 15 is 0 Å². The molecule has 0 radical (unpaired) electrons. The molecule has 2 amide bonds. The highest BCUT2D eigenvalue weighted by Gasteiger charge is 2.28. The number of carbonyl (C=O) groups is 2. The highest BCUT2D eigenvalue weighted by molar-refractivity contribution is 6.30. The quantitative estimate of drug-likeness (QED) is 0.777. The van der Waals surface area contributed by atoms with Gasteiger partial charge in [-0.25, -0.2) is 4.39 Å². The molecule has 0 aromatic heterocycles. The molecule has 28 heavy (non-hydrogen) atoms. The number of hydrogen-bond donors (Lipinski definition) is 1. The lowest BCUT2D eigenvalue weighted by Gasteiger charge is -2.31. The molecule has 6 heteroatoms. The minimum absolute atomic E-state index is 0.120. The number of amides is 2. The molecule has 0 unspecified atom stereocenters. The van der Waals surface area contributed by atoms with Gasteiger partial charge in [0.1, 0.15) is 11.9 Å². The smallest absolute Gasteiger partial charge is 0.242 e. The van der Waals surface area contributed by atoms with E-state index in [4.69, 9.17) is 11.6 Å². The topological polar surface area (TPSA) is 49.4 Å². The van der Waals surface area contributed by atoms with Gasteiger partial charge in [-0.3, -0.25) is 9.59 Å². The molecule has 4 nitrogen and oxygen atoms in total. The van der Waals surface area contributed by atoms with Gasteiger partial charge in [0.2, 0.25) is 11.8 Å². The van der Waals surface area contributed by atoms with Crippen molar-refractivity contribution in [1.29, 1.82) is 0 Å². The van der Waals surface area contributed by atoms with Crippen LogP contribution in [0.3, 0.4) is 0 Å². The molecule has 0 aliphatic carbocycles. The van der Waals surface area contributed by atoms with E-state index in [2.05, 4.69) is 5.32 Å². The summed E-state index contributed by atoms with van der Waals surface area (Å²) in [6.45, 7) is 7.56. The first-order valence-corrected chi connectivity index (χ1v) is 9.53. The van der Waals surface area contributed by atoms with Crippen LogP contribution >= 0.6 is 11.6 Å². The third-order valence-electron chi connectivity index (χ3n) is 4.18. The molecule has 0 heterocycles. The fraction of sp³-hybridized carbons (Fsp3) is 0.364. The lowest BCUT2D eigenvalue weighted by molar-refractivity contribution is -0.140. The molecule has 2 aromatic carbocycles. The minimum Gasteiger partial charge on any atom is -0.350 e. The SMILES string of the molecule is C[C@@H](C(=O)NC(C)(C)C)N(Cc1ccc(F)cc1)C(=O)Cc1cccc(Cl)c1. The maximum absolute atomic E-state index is 13.2. The third kappa shape index (κ3) is 6.64. The largest absolute Gasteiger partial charge is 0.350 e. The number of carbonyl (C=O) groups excluding carboxylic acids is 2. The second kappa shape index (κ2) is 9.20. The van der Waals surface area contributed by atoms with Crippen LogP contribution in [-0.2, 0) is 22.6 Å². The van der Waals surface area contributed by atoms with Crippen molar-refractivity contribution in [2.24, 2.45) is 0 Å². The lowest BCUT2D eigenvalue weighted by atomic mass is 10.1. The van der Waals surface area contributed by atoms with Crippen LogP contribution in [-0.4, -0.2) is 28.3 Å². The molecule has 2 aromatic rings. The van der Waals surface area contributed by atoms with Crippen molar-refractivity contribution < 1.29 is 14.0 Å². The summed E-state index contributed by atoms with van der Waals surface area (Å²) in [4.78, 5) is 27.2. The normalized spacial score (nSPS) is 12.4. The number of benzene rings is 2. The zero-order valence-electron chi connectivity index (χ0n) is 16.6. The fourth-order valence-electron chi connectivity index (χ4n) is 2.77. The van der Waals surface area contributed by atoms with Gasteiger partial charge in [-0.2, -0.15) is 0 Å². The Kier molecular flexibility index (Phi) is 7.19. The molecular weight excluding hydrogens is 379 g/mol. The van der Waals surface area contributed by atoms with Gasteiger partial charge in [-0.05, 0) is 63.1 Å². The number of halogens is 2. The summed E-state index contributed by atoms with van der Waals surface area (Å²) in [6.07, 6.45) is 0.120. The van der Waals surface area contributed by atoms with Gasteiger partial charge in [0.05, 0.1) is 6.42 Å². The zero-order valence-corrected chi connectivity index (χ0v) is 17.4. The molecule has 1 N–H and O–H groups in total. The Morgan fingerprint density at radius 1 is 1.11 bits per heavy atom. The van der Waals surface area contributed by atoms with Crippen molar-refractivity contribution in [3.63, 3.8) is 0 Å². The summed E-state index contributed by atoms with van der Waals surface area (Å²) in [7, 11) is 0. The minimum atomic E-state index is -0.684. The van der Waals surface area contributed by atoms with Crippen LogP contribution in [0, 0.1) is 5.82 Å². The van der Waals surface area contributed by atoms with Crippen molar-refractivity contribution in [3.05, 3.63) is 70.5 Å². The molecule has 0 aliphatic heterocycles. The predicted octanol–water partition coefficient (Wildman–Crippen LogP) is 4.35. The van der Waals surface area contributed by atoms with Crippen molar-refractivity contribution in [1.82, 2.24) is 10.2 Å². The van der Waals surface area contributed by atoms with Crippen LogP contribution in [0.2, 0.25) is 5.02 Å². The first-order chi connectivity index (χ1) is 13.0. The van der Waals surface area contributed by atoms with Crippen LogP contribution in [0.4, 0.5) is 4.39 Å². The van der Waals surface area contributed by atoms with Gasteiger partial charge in [-0.15, -0.1) is 0 Å². The van der Waals surface area contributed by atoms with E-state index in [-0.39, 0.29) is 30.6 Å². The van der Waals surface area contributed by atoms with Gasteiger partial charge in [-0.1, -0.05) is 35.9 Å². The molecule has 0 saturated heterocycles. The van der Waals surface area contributed by atoms with E-state index in [0.717, 1.165) is 11.1 Å². The van der Waals surface area contributed by atoms with Gasteiger partial charge in [0, 0.05) is 17.1 Å². The molecule has 1 atom stereocenters. The van der Waals surface area contributed by atoms with Gasteiger partial charge in [0.25, 0.3) is 0 Å². The monoisotopic (exact) mass is 404 g/mol. The third-order valence-corrected chi connectivity index (χ3v) is 4.41. The average molecular weight is 405 g/mol. The molecule has 0 saturated carbocycles. The molecule has 0 spiro atoms. The van der Waals surface area contributed by atoms with E-state index in [1.807, 2.05) is 26.8 Å². The summed E-state index contributed by atoms with van der Waals surface area (Å²) in [5, 5.41) is 3.46. The number of nitrogens with zero attached hydrogens (tertiary/aromatic N) is 1. The van der Waals surface area contributed by atoms with Crippen LogP contribution in [0.1, 0.15) is 38.8 Å². The van der Waals surface area contributed by atoms with Gasteiger partial charge in [0.15, 0.2) is 0 Å². The predicted molar refractivity (Wildman–Crippen MR) is 109 cm³/mol. The lowest BCUT2D eigenvalue weighted by Crippen LogP contribution is -2.52. The van der Waals surface area contributed by atoms with Gasteiger partial charge < -0.3 is 10.2 Å². The average Bonchev–Trinajstić information content (AvgIpc) is 2.59. The molecular formula is C22H26ClFN2O2. The summed E-state index contributed by atoms with van der Waals surface area (Å²) in [5.41, 5.74) is 1.10. The molecule has 150 valence electrons. The maximum atomic E-state index is 13.2. The molecule has 0 aliphatic rings. The second-order valence-electron chi connectivity index (χ2n) is 7.87. The van der Waals surface area contributed by atoms with E-state index in [0.29, 0.717) is 5.02 Å². The Hall–Kier alpha value is -2.40. The number of hydrogen-bond acceptors (Lipinski definition) is 2. The number of nitrogens with one attached hydrogen (secondary N) is 1. The van der Waals surface area contributed by atoms with Crippen molar-refractivity contribution in [2.75, 3.05) is 0 Å². The number of rotatable bonds is 6. The van der Waals surface area contributed by atoms with Crippen LogP contribution < -0.4 is 5.32 Å². The maximum Gasteiger partial charge on any atom is 0.242 e.